The van der Waals surface area contributed by atoms with Gasteiger partial charge in [-0.15, -0.1) is 0 Å². The molecular weight excluding hydrogens is 304 g/mol. The van der Waals surface area contributed by atoms with Gasteiger partial charge in [0.15, 0.2) is 0 Å². The summed E-state index contributed by atoms with van der Waals surface area (Å²) in [4.78, 5) is 25.6. The SMILES string of the molecule is COC(=O)CCN(C(=O)Nc1ccc(Cl)cc1)C1CCCC1. The van der Waals surface area contributed by atoms with Crippen molar-refractivity contribution in [3.8, 4) is 0 Å². The van der Waals surface area contributed by atoms with E-state index in [9.17, 15) is 9.59 Å². The quantitative estimate of drug-likeness (QED) is 0.840. The monoisotopic (exact) mass is 324 g/mol. The van der Waals surface area contributed by atoms with Crippen molar-refractivity contribution in [3.05, 3.63) is 29.3 Å². The normalized spacial score (nSPS) is 14.6. The minimum absolute atomic E-state index is 0.182. The minimum Gasteiger partial charge on any atom is -0.469 e. The standard InChI is InChI=1S/C16H21ClN2O3/c1-22-15(20)10-11-19(14-4-2-3-5-14)16(21)18-13-8-6-12(17)7-9-13/h6-9,14H,2-5,10-11H2,1H3,(H,18,21). The predicted octanol–water partition coefficient (Wildman–Crippen LogP) is 3.68. The van der Waals surface area contributed by atoms with Gasteiger partial charge in [-0.1, -0.05) is 24.4 Å². The van der Waals surface area contributed by atoms with E-state index in [0.717, 1.165) is 25.7 Å². The number of rotatable bonds is 5. The fourth-order valence-corrected chi connectivity index (χ4v) is 2.83. The molecule has 0 unspecified atom stereocenters. The number of nitrogens with zero attached hydrogens (tertiary/aromatic N) is 1. The zero-order valence-corrected chi connectivity index (χ0v) is 13.4. The Morgan fingerprint density at radius 2 is 1.91 bits per heavy atom. The fourth-order valence-electron chi connectivity index (χ4n) is 2.71. The van der Waals surface area contributed by atoms with Gasteiger partial charge in [0.2, 0.25) is 0 Å². The van der Waals surface area contributed by atoms with Crippen LogP contribution in [0.5, 0.6) is 0 Å². The van der Waals surface area contributed by atoms with Crippen LogP contribution >= 0.6 is 11.6 Å². The summed E-state index contributed by atoms with van der Waals surface area (Å²) in [6.07, 6.45) is 4.41. The lowest BCUT2D eigenvalue weighted by molar-refractivity contribution is -0.140. The zero-order valence-electron chi connectivity index (χ0n) is 12.7. The highest BCUT2D eigenvalue weighted by Gasteiger charge is 2.27. The van der Waals surface area contributed by atoms with Gasteiger partial charge in [-0.25, -0.2) is 4.79 Å². The van der Waals surface area contributed by atoms with Crippen molar-refractivity contribution in [2.45, 2.75) is 38.1 Å². The van der Waals surface area contributed by atoms with Crippen molar-refractivity contribution >= 4 is 29.3 Å². The molecule has 2 amide bonds. The first-order chi connectivity index (χ1) is 10.6. The lowest BCUT2D eigenvalue weighted by Gasteiger charge is -2.28. The van der Waals surface area contributed by atoms with E-state index in [4.69, 9.17) is 11.6 Å². The molecule has 0 bridgehead atoms. The van der Waals surface area contributed by atoms with Crippen molar-refractivity contribution in [3.63, 3.8) is 0 Å². The van der Waals surface area contributed by atoms with E-state index in [1.807, 2.05) is 0 Å². The van der Waals surface area contributed by atoms with Crippen LogP contribution in [0.1, 0.15) is 32.1 Å². The van der Waals surface area contributed by atoms with Gasteiger partial charge in [0, 0.05) is 23.3 Å². The number of ether oxygens (including phenoxy) is 1. The molecule has 0 radical (unpaired) electrons. The summed E-state index contributed by atoms with van der Waals surface area (Å²) in [5, 5.41) is 3.49. The third-order valence-electron chi connectivity index (χ3n) is 3.91. The number of halogens is 1. The smallest absolute Gasteiger partial charge is 0.322 e. The Morgan fingerprint density at radius 1 is 1.27 bits per heavy atom. The number of carbonyl (C=O) groups is 2. The Balaban J connectivity index is 2.00. The van der Waals surface area contributed by atoms with Gasteiger partial charge in [-0.05, 0) is 37.1 Å². The molecule has 0 atom stereocenters. The average Bonchev–Trinajstić information content (AvgIpc) is 3.03. The molecule has 120 valence electrons. The second kappa shape index (κ2) is 8.03. The van der Waals surface area contributed by atoms with E-state index in [2.05, 4.69) is 10.1 Å². The molecule has 2 rings (SSSR count). The number of hydrogen-bond donors (Lipinski definition) is 1. The first-order valence-electron chi connectivity index (χ1n) is 7.50. The van der Waals surface area contributed by atoms with Crippen LogP contribution in [0.3, 0.4) is 0 Å². The first-order valence-corrected chi connectivity index (χ1v) is 7.88. The van der Waals surface area contributed by atoms with Crippen LogP contribution in [0.25, 0.3) is 0 Å². The van der Waals surface area contributed by atoms with Crippen LogP contribution in [0, 0.1) is 0 Å². The van der Waals surface area contributed by atoms with E-state index in [-0.39, 0.29) is 24.5 Å². The Hall–Kier alpha value is -1.75. The maximum atomic E-state index is 12.5. The summed E-state index contributed by atoms with van der Waals surface area (Å²) in [6, 6.07) is 6.98. The highest BCUT2D eigenvalue weighted by molar-refractivity contribution is 6.30. The number of esters is 1. The van der Waals surface area contributed by atoms with Crippen molar-refractivity contribution < 1.29 is 14.3 Å². The average molecular weight is 325 g/mol. The number of amides is 2. The molecule has 0 saturated heterocycles. The summed E-state index contributed by atoms with van der Waals surface area (Å²) in [5.41, 5.74) is 0.690. The molecule has 1 saturated carbocycles. The molecule has 1 aliphatic rings. The van der Waals surface area contributed by atoms with Crippen molar-refractivity contribution in [1.29, 1.82) is 0 Å². The van der Waals surface area contributed by atoms with Crippen molar-refractivity contribution in [2.75, 3.05) is 19.0 Å². The fraction of sp³-hybridized carbons (Fsp3) is 0.500. The summed E-state index contributed by atoms with van der Waals surface area (Å²) >= 11 is 5.84. The number of nitrogens with one attached hydrogen (secondary N) is 1. The summed E-state index contributed by atoms with van der Waals surface area (Å²) < 4.78 is 4.66. The molecule has 1 fully saturated rings. The Morgan fingerprint density at radius 3 is 2.50 bits per heavy atom. The van der Waals surface area contributed by atoms with Gasteiger partial charge in [-0.3, -0.25) is 4.79 Å². The largest absolute Gasteiger partial charge is 0.469 e. The highest BCUT2D eigenvalue weighted by atomic mass is 35.5. The van der Waals surface area contributed by atoms with Crippen LogP contribution < -0.4 is 5.32 Å². The minimum atomic E-state index is -0.303. The molecule has 1 aromatic rings. The van der Waals surface area contributed by atoms with Crippen LogP contribution in [0.15, 0.2) is 24.3 Å². The van der Waals surface area contributed by atoms with Gasteiger partial charge in [0.25, 0.3) is 0 Å². The molecule has 5 nitrogen and oxygen atoms in total. The Labute approximate surface area is 135 Å². The van der Waals surface area contributed by atoms with Crippen LogP contribution in [0.2, 0.25) is 5.02 Å². The van der Waals surface area contributed by atoms with Crippen LogP contribution in [0.4, 0.5) is 10.5 Å². The van der Waals surface area contributed by atoms with Crippen molar-refractivity contribution in [1.82, 2.24) is 4.90 Å². The predicted molar refractivity (Wildman–Crippen MR) is 86.1 cm³/mol. The van der Waals surface area contributed by atoms with Crippen LogP contribution in [-0.4, -0.2) is 36.6 Å². The molecule has 6 heteroatoms. The third kappa shape index (κ3) is 4.63. The molecule has 1 aliphatic carbocycles. The van der Waals surface area contributed by atoms with Gasteiger partial charge >= 0.3 is 12.0 Å². The summed E-state index contributed by atoms with van der Waals surface area (Å²) in [6.45, 7) is 0.372. The Kier molecular flexibility index (Phi) is 6.07. The maximum Gasteiger partial charge on any atom is 0.322 e. The Bertz CT molecular complexity index is 513. The second-order valence-corrected chi connectivity index (χ2v) is 5.83. The number of carbonyl (C=O) groups excluding carboxylic acids is 2. The molecular formula is C16H21ClN2O3. The second-order valence-electron chi connectivity index (χ2n) is 5.39. The van der Waals surface area contributed by atoms with Gasteiger partial charge in [0.05, 0.1) is 13.5 Å². The molecule has 0 aromatic heterocycles. The molecule has 0 heterocycles. The topological polar surface area (TPSA) is 58.6 Å². The first kappa shape index (κ1) is 16.6. The summed E-state index contributed by atoms with van der Waals surface area (Å²) in [5.74, 6) is -0.303. The van der Waals surface area contributed by atoms with Gasteiger partial charge in [0.1, 0.15) is 0 Å². The highest BCUT2D eigenvalue weighted by Crippen LogP contribution is 2.24. The maximum absolute atomic E-state index is 12.5. The summed E-state index contributed by atoms with van der Waals surface area (Å²) in [7, 11) is 1.36. The lowest BCUT2D eigenvalue weighted by atomic mass is 10.2. The zero-order chi connectivity index (χ0) is 15.9. The number of anilines is 1. The molecule has 22 heavy (non-hydrogen) atoms. The number of methoxy groups -OCH3 is 1. The van der Waals surface area contributed by atoms with Gasteiger partial charge in [-0.2, -0.15) is 0 Å². The molecule has 1 N–H and O–H groups in total. The number of hydrogen-bond acceptors (Lipinski definition) is 3. The molecule has 0 aliphatic heterocycles. The third-order valence-corrected chi connectivity index (χ3v) is 4.16. The van der Waals surface area contributed by atoms with E-state index in [1.54, 1.807) is 29.2 Å². The van der Waals surface area contributed by atoms with Crippen LogP contribution in [-0.2, 0) is 9.53 Å². The van der Waals surface area contributed by atoms with E-state index >= 15 is 0 Å². The van der Waals surface area contributed by atoms with Crippen molar-refractivity contribution in [2.24, 2.45) is 0 Å². The molecule has 0 spiro atoms. The van der Waals surface area contributed by atoms with E-state index in [0.29, 0.717) is 17.3 Å². The van der Waals surface area contributed by atoms with E-state index in [1.165, 1.54) is 7.11 Å². The lowest BCUT2D eigenvalue weighted by Crippen LogP contribution is -2.42. The van der Waals surface area contributed by atoms with Gasteiger partial charge < -0.3 is 15.0 Å². The number of benzene rings is 1. The molecule has 1 aromatic carbocycles. The number of urea groups is 1. The van der Waals surface area contributed by atoms with E-state index < -0.39 is 0 Å².